The van der Waals surface area contributed by atoms with Crippen LogP contribution in [0.5, 0.6) is 0 Å². The molecule has 1 aliphatic carbocycles. The van der Waals surface area contributed by atoms with Crippen LogP contribution in [0.3, 0.4) is 0 Å². The van der Waals surface area contributed by atoms with Gasteiger partial charge in [-0.2, -0.15) is 0 Å². The molecule has 3 rings (SSSR count). The lowest BCUT2D eigenvalue weighted by atomic mass is 9.82. The SMILES string of the molecule is CC(C)(O)C(C)(C)O[B]c1ccc(C(=O)N2CCN(C(=O)C3CC3)CC2)cc1. The van der Waals surface area contributed by atoms with Gasteiger partial charge in [0.15, 0.2) is 0 Å². The lowest BCUT2D eigenvalue weighted by molar-refractivity contribution is -0.134. The van der Waals surface area contributed by atoms with E-state index in [1.165, 1.54) is 0 Å². The second-order valence-electron chi connectivity index (χ2n) is 8.82. The molecule has 0 atom stereocenters. The minimum atomic E-state index is -0.984. The Morgan fingerprint density at radius 2 is 1.54 bits per heavy atom. The van der Waals surface area contributed by atoms with Crippen molar-refractivity contribution in [3.8, 4) is 0 Å². The van der Waals surface area contributed by atoms with Gasteiger partial charge < -0.3 is 19.6 Å². The first-order valence-electron chi connectivity index (χ1n) is 10.00. The van der Waals surface area contributed by atoms with Gasteiger partial charge in [0.2, 0.25) is 5.91 Å². The van der Waals surface area contributed by atoms with Crippen LogP contribution in [-0.2, 0) is 9.45 Å². The Labute approximate surface area is 168 Å². The van der Waals surface area contributed by atoms with Crippen molar-refractivity contribution in [1.82, 2.24) is 9.80 Å². The largest absolute Gasteiger partial charge is 0.427 e. The van der Waals surface area contributed by atoms with Crippen molar-refractivity contribution in [1.29, 1.82) is 0 Å². The van der Waals surface area contributed by atoms with Crippen molar-refractivity contribution in [3.05, 3.63) is 29.8 Å². The van der Waals surface area contributed by atoms with Crippen LogP contribution in [0.2, 0.25) is 0 Å². The molecule has 1 N–H and O–H groups in total. The van der Waals surface area contributed by atoms with Gasteiger partial charge in [-0.15, -0.1) is 0 Å². The monoisotopic (exact) mass is 385 g/mol. The number of nitrogens with zero attached hydrogens (tertiary/aromatic N) is 2. The van der Waals surface area contributed by atoms with E-state index in [1.807, 2.05) is 35.8 Å². The minimum absolute atomic E-state index is 0.0113. The van der Waals surface area contributed by atoms with Gasteiger partial charge in [0, 0.05) is 37.7 Å². The molecule has 0 aromatic heterocycles. The number of piperazine rings is 1. The van der Waals surface area contributed by atoms with Crippen LogP contribution < -0.4 is 5.46 Å². The first kappa shape index (κ1) is 20.9. The van der Waals surface area contributed by atoms with E-state index in [4.69, 9.17) is 4.65 Å². The third-order valence-electron chi connectivity index (χ3n) is 5.93. The van der Waals surface area contributed by atoms with Crippen molar-refractivity contribution >= 4 is 24.8 Å². The predicted octanol–water partition coefficient (Wildman–Crippen LogP) is 1.19. The van der Waals surface area contributed by atoms with Crippen LogP contribution in [0.1, 0.15) is 50.9 Å². The van der Waals surface area contributed by atoms with E-state index in [0.717, 1.165) is 18.3 Å². The molecule has 1 aromatic carbocycles. The number of carbonyl (C=O) groups excluding carboxylic acids is 2. The summed E-state index contributed by atoms with van der Waals surface area (Å²) < 4.78 is 5.75. The van der Waals surface area contributed by atoms with Crippen molar-refractivity contribution in [2.24, 2.45) is 5.92 Å². The zero-order valence-electron chi connectivity index (χ0n) is 17.3. The molecule has 2 amide bonds. The van der Waals surface area contributed by atoms with Crippen LogP contribution in [0.15, 0.2) is 24.3 Å². The van der Waals surface area contributed by atoms with E-state index in [2.05, 4.69) is 0 Å². The van der Waals surface area contributed by atoms with Gasteiger partial charge >= 0.3 is 7.48 Å². The number of benzene rings is 1. The van der Waals surface area contributed by atoms with Crippen molar-refractivity contribution < 1.29 is 19.3 Å². The highest BCUT2D eigenvalue weighted by molar-refractivity contribution is 6.47. The van der Waals surface area contributed by atoms with E-state index < -0.39 is 11.2 Å². The Balaban J connectivity index is 1.52. The molecule has 1 aromatic rings. The number of carbonyl (C=O) groups is 2. The molecule has 0 bridgehead atoms. The number of hydrogen-bond donors (Lipinski definition) is 1. The second kappa shape index (κ2) is 7.87. The Morgan fingerprint density at radius 3 is 2.04 bits per heavy atom. The summed E-state index contributed by atoms with van der Waals surface area (Å²) in [6.45, 7) is 9.47. The molecule has 1 radical (unpaired) electrons. The number of amides is 2. The third kappa shape index (κ3) is 4.76. The van der Waals surface area contributed by atoms with Crippen molar-refractivity contribution in [2.45, 2.75) is 51.7 Å². The molecule has 151 valence electrons. The summed E-state index contributed by atoms with van der Waals surface area (Å²) in [6.07, 6.45) is 2.02. The van der Waals surface area contributed by atoms with Gasteiger partial charge in [-0.1, -0.05) is 17.6 Å². The Hall–Kier alpha value is -1.86. The van der Waals surface area contributed by atoms with Crippen LogP contribution >= 0.6 is 0 Å². The quantitative estimate of drug-likeness (QED) is 0.747. The molecular weight excluding hydrogens is 355 g/mol. The fourth-order valence-corrected chi connectivity index (χ4v) is 2.96. The minimum Gasteiger partial charge on any atom is -0.427 e. The predicted molar refractivity (Wildman–Crippen MR) is 108 cm³/mol. The third-order valence-corrected chi connectivity index (χ3v) is 5.93. The van der Waals surface area contributed by atoms with E-state index in [9.17, 15) is 14.7 Å². The van der Waals surface area contributed by atoms with Crippen LogP contribution in [0.25, 0.3) is 0 Å². The van der Waals surface area contributed by atoms with Gasteiger partial charge in [-0.3, -0.25) is 9.59 Å². The smallest absolute Gasteiger partial charge is 0.330 e. The first-order valence-corrected chi connectivity index (χ1v) is 10.00. The Morgan fingerprint density at radius 1 is 1.00 bits per heavy atom. The molecule has 2 fully saturated rings. The Kier molecular flexibility index (Phi) is 5.87. The highest BCUT2D eigenvalue weighted by Crippen LogP contribution is 2.31. The number of aliphatic hydroxyl groups is 1. The van der Waals surface area contributed by atoms with Crippen molar-refractivity contribution in [2.75, 3.05) is 26.2 Å². The van der Waals surface area contributed by atoms with Gasteiger partial charge in [0.1, 0.15) is 0 Å². The number of hydrogen-bond acceptors (Lipinski definition) is 4. The molecule has 1 heterocycles. The molecule has 6 nitrogen and oxygen atoms in total. The van der Waals surface area contributed by atoms with Gasteiger partial charge in [0.25, 0.3) is 5.91 Å². The standard InChI is InChI=1S/C21H30BN2O4/c1-20(2,27)21(3,4)28-22-17-9-7-16(8-10-17)19(26)24-13-11-23(12-14-24)18(25)15-5-6-15/h7-10,15,27H,5-6,11-14H2,1-4H3. The van der Waals surface area contributed by atoms with Crippen molar-refractivity contribution in [3.63, 3.8) is 0 Å². The highest BCUT2D eigenvalue weighted by atomic mass is 16.5. The van der Waals surface area contributed by atoms with E-state index in [-0.39, 0.29) is 17.7 Å². The number of rotatable bonds is 6. The summed E-state index contributed by atoms with van der Waals surface area (Å²) in [5.74, 6) is 0.471. The highest BCUT2D eigenvalue weighted by Gasteiger charge is 2.36. The zero-order valence-corrected chi connectivity index (χ0v) is 17.3. The molecule has 1 saturated heterocycles. The topological polar surface area (TPSA) is 70.1 Å². The first-order chi connectivity index (χ1) is 13.1. The van der Waals surface area contributed by atoms with Crippen LogP contribution in [-0.4, -0.2) is 71.6 Å². The average molecular weight is 385 g/mol. The molecule has 1 aliphatic heterocycles. The fraction of sp³-hybridized carbons (Fsp3) is 0.619. The second-order valence-corrected chi connectivity index (χ2v) is 8.82. The molecule has 7 heteroatoms. The summed E-state index contributed by atoms with van der Waals surface area (Å²) in [5.41, 5.74) is -0.267. The summed E-state index contributed by atoms with van der Waals surface area (Å²) in [4.78, 5) is 28.6. The maximum absolute atomic E-state index is 12.7. The molecule has 2 aliphatic rings. The normalized spacial score (nSPS) is 18.2. The molecule has 28 heavy (non-hydrogen) atoms. The summed E-state index contributed by atoms with van der Waals surface area (Å²) in [7, 11) is 1.61. The molecule has 0 unspecified atom stereocenters. The zero-order chi connectivity index (χ0) is 20.5. The van der Waals surface area contributed by atoms with Crippen LogP contribution in [0.4, 0.5) is 0 Å². The fourth-order valence-electron chi connectivity index (χ4n) is 2.96. The molecule has 1 saturated carbocycles. The average Bonchev–Trinajstić information content (AvgIpc) is 3.50. The van der Waals surface area contributed by atoms with E-state index in [1.54, 1.807) is 33.5 Å². The van der Waals surface area contributed by atoms with Gasteiger partial charge in [0.05, 0.1) is 11.2 Å². The molecule has 0 spiro atoms. The lowest BCUT2D eigenvalue weighted by Gasteiger charge is -2.37. The lowest BCUT2D eigenvalue weighted by Crippen LogP contribution is -2.51. The van der Waals surface area contributed by atoms with Gasteiger partial charge in [-0.25, -0.2) is 0 Å². The van der Waals surface area contributed by atoms with E-state index >= 15 is 0 Å². The summed E-state index contributed by atoms with van der Waals surface area (Å²) >= 11 is 0. The Bertz CT molecular complexity index is 715. The molecular formula is C21H30BN2O4. The summed E-state index contributed by atoms with van der Waals surface area (Å²) in [6, 6.07) is 7.24. The maximum Gasteiger partial charge on any atom is 0.330 e. The van der Waals surface area contributed by atoms with E-state index in [0.29, 0.717) is 31.7 Å². The van der Waals surface area contributed by atoms with Gasteiger partial charge in [-0.05, 0) is 52.7 Å². The summed E-state index contributed by atoms with van der Waals surface area (Å²) in [5, 5.41) is 10.2. The maximum atomic E-state index is 12.7. The van der Waals surface area contributed by atoms with Crippen LogP contribution in [0, 0.1) is 5.92 Å².